The van der Waals surface area contributed by atoms with Crippen LogP contribution in [-0.2, 0) is 17.8 Å². The van der Waals surface area contributed by atoms with Crippen LogP contribution in [0.4, 0.5) is 0 Å². The standard InChI is InChI=1S/C21H28N2O2.ClH/c1-21(2,3)19(22)20(24)23-14-13-16-9-11-18(12-10-16)25-15-17-7-5-4-6-8-17;/h4-12,19H,13-15,22H2,1-3H3,(H,23,24);1H/t19-;/m1./s1. The number of halogens is 1. The number of hydrogen-bond donors (Lipinski definition) is 2. The third-order valence-electron chi connectivity index (χ3n) is 4.10. The molecule has 1 atom stereocenters. The fourth-order valence-electron chi connectivity index (χ4n) is 2.33. The minimum Gasteiger partial charge on any atom is -0.489 e. The number of amides is 1. The summed E-state index contributed by atoms with van der Waals surface area (Å²) in [6, 6.07) is 17.5. The summed E-state index contributed by atoms with van der Waals surface area (Å²) in [5.41, 5.74) is 8.00. The van der Waals surface area contributed by atoms with Gasteiger partial charge in [-0.05, 0) is 35.1 Å². The van der Waals surface area contributed by atoms with Crippen molar-refractivity contribution < 1.29 is 9.53 Å². The molecule has 0 aliphatic heterocycles. The summed E-state index contributed by atoms with van der Waals surface area (Å²) in [6.07, 6.45) is 0.765. The Morgan fingerprint density at radius 2 is 1.65 bits per heavy atom. The largest absolute Gasteiger partial charge is 0.489 e. The molecule has 0 aliphatic rings. The average molecular weight is 377 g/mol. The molecule has 0 saturated carbocycles. The summed E-state index contributed by atoms with van der Waals surface area (Å²) >= 11 is 0. The van der Waals surface area contributed by atoms with E-state index in [1.54, 1.807) is 0 Å². The monoisotopic (exact) mass is 376 g/mol. The van der Waals surface area contributed by atoms with Crippen molar-refractivity contribution in [1.29, 1.82) is 0 Å². The van der Waals surface area contributed by atoms with E-state index < -0.39 is 6.04 Å². The predicted molar refractivity (Wildman–Crippen MR) is 109 cm³/mol. The molecule has 0 aromatic heterocycles. The van der Waals surface area contributed by atoms with E-state index in [2.05, 4.69) is 5.32 Å². The average Bonchev–Trinajstić information content (AvgIpc) is 2.60. The number of rotatable bonds is 7. The van der Waals surface area contributed by atoms with Gasteiger partial charge in [-0.2, -0.15) is 0 Å². The second-order valence-corrected chi connectivity index (χ2v) is 7.30. The Kier molecular flexibility index (Phi) is 8.62. The Labute approximate surface area is 162 Å². The van der Waals surface area contributed by atoms with Crippen molar-refractivity contribution in [1.82, 2.24) is 5.32 Å². The van der Waals surface area contributed by atoms with E-state index in [0.717, 1.165) is 23.3 Å². The number of nitrogens with two attached hydrogens (primary N) is 1. The maximum absolute atomic E-state index is 12.0. The summed E-state index contributed by atoms with van der Waals surface area (Å²) < 4.78 is 5.77. The summed E-state index contributed by atoms with van der Waals surface area (Å²) in [4.78, 5) is 12.0. The van der Waals surface area contributed by atoms with Crippen LogP contribution in [0.5, 0.6) is 5.75 Å². The molecular weight excluding hydrogens is 348 g/mol. The van der Waals surface area contributed by atoms with E-state index in [4.69, 9.17) is 10.5 Å². The topological polar surface area (TPSA) is 64.4 Å². The quantitative estimate of drug-likeness (QED) is 0.774. The highest BCUT2D eigenvalue weighted by atomic mass is 35.5. The Balaban J connectivity index is 0.00000338. The minimum absolute atomic E-state index is 0. The van der Waals surface area contributed by atoms with E-state index in [1.807, 2.05) is 75.4 Å². The number of carbonyl (C=O) groups excluding carboxylic acids is 1. The van der Waals surface area contributed by atoms with Gasteiger partial charge in [0.05, 0.1) is 6.04 Å². The first-order valence-electron chi connectivity index (χ1n) is 8.65. The molecule has 0 fully saturated rings. The van der Waals surface area contributed by atoms with Crippen molar-refractivity contribution in [3.8, 4) is 5.75 Å². The van der Waals surface area contributed by atoms with E-state index in [1.165, 1.54) is 0 Å². The zero-order valence-corrected chi connectivity index (χ0v) is 16.5. The predicted octanol–water partition coefficient (Wildman–Crippen LogP) is 3.72. The number of hydrogen-bond acceptors (Lipinski definition) is 3. The fraction of sp³-hybridized carbons (Fsp3) is 0.381. The highest BCUT2D eigenvalue weighted by Gasteiger charge is 2.26. The van der Waals surface area contributed by atoms with Gasteiger partial charge in [0.1, 0.15) is 12.4 Å². The Morgan fingerprint density at radius 3 is 2.23 bits per heavy atom. The summed E-state index contributed by atoms with van der Waals surface area (Å²) in [5, 5.41) is 2.90. The zero-order valence-electron chi connectivity index (χ0n) is 15.7. The van der Waals surface area contributed by atoms with Crippen LogP contribution in [0.2, 0.25) is 0 Å². The molecule has 3 N–H and O–H groups in total. The lowest BCUT2D eigenvalue weighted by Crippen LogP contribution is -2.48. The van der Waals surface area contributed by atoms with Crippen molar-refractivity contribution >= 4 is 18.3 Å². The molecule has 0 aliphatic carbocycles. The van der Waals surface area contributed by atoms with Gasteiger partial charge in [-0.1, -0.05) is 63.2 Å². The lowest BCUT2D eigenvalue weighted by atomic mass is 9.87. The fourth-order valence-corrected chi connectivity index (χ4v) is 2.33. The summed E-state index contributed by atoms with van der Waals surface area (Å²) in [6.45, 7) is 7.02. The van der Waals surface area contributed by atoms with Crippen molar-refractivity contribution in [2.45, 2.75) is 39.8 Å². The molecule has 5 heteroatoms. The highest BCUT2D eigenvalue weighted by Crippen LogP contribution is 2.17. The third-order valence-corrected chi connectivity index (χ3v) is 4.10. The van der Waals surface area contributed by atoms with Gasteiger partial charge in [-0.3, -0.25) is 4.79 Å². The number of carbonyl (C=O) groups is 1. The van der Waals surface area contributed by atoms with Crippen LogP contribution >= 0.6 is 12.4 Å². The van der Waals surface area contributed by atoms with Gasteiger partial charge in [-0.25, -0.2) is 0 Å². The first-order valence-corrected chi connectivity index (χ1v) is 8.65. The van der Waals surface area contributed by atoms with E-state index in [9.17, 15) is 4.79 Å². The van der Waals surface area contributed by atoms with Crippen LogP contribution in [-0.4, -0.2) is 18.5 Å². The lowest BCUT2D eigenvalue weighted by Gasteiger charge is -2.25. The smallest absolute Gasteiger partial charge is 0.237 e. The first-order chi connectivity index (χ1) is 11.9. The lowest BCUT2D eigenvalue weighted by molar-refractivity contribution is -0.124. The van der Waals surface area contributed by atoms with Gasteiger partial charge in [0.15, 0.2) is 0 Å². The maximum Gasteiger partial charge on any atom is 0.237 e. The molecule has 0 saturated heterocycles. The van der Waals surface area contributed by atoms with Crippen LogP contribution in [0, 0.1) is 5.41 Å². The molecule has 4 nitrogen and oxygen atoms in total. The number of ether oxygens (including phenoxy) is 1. The van der Waals surface area contributed by atoms with Gasteiger partial charge in [0, 0.05) is 6.54 Å². The summed E-state index contributed by atoms with van der Waals surface area (Å²) in [7, 11) is 0. The maximum atomic E-state index is 12.0. The molecule has 142 valence electrons. The molecule has 0 spiro atoms. The molecular formula is C21H29ClN2O2. The molecule has 0 unspecified atom stereocenters. The molecule has 1 amide bonds. The van der Waals surface area contributed by atoms with Gasteiger partial charge < -0.3 is 15.8 Å². The van der Waals surface area contributed by atoms with E-state index in [0.29, 0.717) is 13.2 Å². The second-order valence-electron chi connectivity index (χ2n) is 7.30. The molecule has 0 radical (unpaired) electrons. The van der Waals surface area contributed by atoms with Gasteiger partial charge in [0.2, 0.25) is 5.91 Å². The van der Waals surface area contributed by atoms with Gasteiger partial charge in [0.25, 0.3) is 0 Å². The van der Waals surface area contributed by atoms with Crippen molar-refractivity contribution in [3.05, 3.63) is 65.7 Å². The highest BCUT2D eigenvalue weighted by molar-refractivity contribution is 5.85. The van der Waals surface area contributed by atoms with Crippen LogP contribution in [0.3, 0.4) is 0 Å². The first kappa shape index (κ1) is 22.0. The van der Waals surface area contributed by atoms with Gasteiger partial charge >= 0.3 is 0 Å². The van der Waals surface area contributed by atoms with Crippen LogP contribution in [0.1, 0.15) is 31.9 Å². The third kappa shape index (κ3) is 7.06. The van der Waals surface area contributed by atoms with E-state index in [-0.39, 0.29) is 23.7 Å². The minimum atomic E-state index is -0.499. The van der Waals surface area contributed by atoms with Crippen LogP contribution in [0.15, 0.2) is 54.6 Å². The molecule has 0 heterocycles. The normalized spacial score (nSPS) is 12.0. The molecule has 2 aromatic rings. The Hall–Kier alpha value is -2.04. The van der Waals surface area contributed by atoms with Crippen molar-refractivity contribution in [3.63, 3.8) is 0 Å². The molecule has 2 aromatic carbocycles. The number of benzene rings is 2. The Morgan fingerprint density at radius 1 is 1.04 bits per heavy atom. The number of nitrogens with one attached hydrogen (secondary N) is 1. The summed E-state index contributed by atoms with van der Waals surface area (Å²) in [5.74, 6) is 0.738. The molecule has 0 bridgehead atoms. The van der Waals surface area contributed by atoms with Crippen molar-refractivity contribution in [2.75, 3.05) is 6.54 Å². The van der Waals surface area contributed by atoms with Crippen molar-refractivity contribution in [2.24, 2.45) is 11.1 Å². The van der Waals surface area contributed by atoms with E-state index >= 15 is 0 Å². The second kappa shape index (κ2) is 10.2. The molecule has 2 rings (SSSR count). The molecule has 26 heavy (non-hydrogen) atoms. The SMILES string of the molecule is CC(C)(C)[C@H](N)C(=O)NCCc1ccc(OCc2ccccc2)cc1.Cl. The van der Waals surface area contributed by atoms with Crippen LogP contribution < -0.4 is 15.8 Å². The van der Waals surface area contributed by atoms with Crippen LogP contribution in [0.25, 0.3) is 0 Å². The Bertz CT molecular complexity index is 667. The van der Waals surface area contributed by atoms with Gasteiger partial charge in [-0.15, -0.1) is 12.4 Å². The zero-order chi connectivity index (χ0) is 18.3.